The Kier molecular flexibility index (Phi) is 4.02. The van der Waals surface area contributed by atoms with Gasteiger partial charge in [-0.25, -0.2) is 4.39 Å². The highest BCUT2D eigenvalue weighted by Gasteiger charge is 2.39. The van der Waals surface area contributed by atoms with E-state index >= 15 is 0 Å². The number of nitrogens with zero attached hydrogens (tertiary/aromatic N) is 1. The zero-order valence-electron chi connectivity index (χ0n) is 12.7. The fraction of sp³-hybridized carbons (Fsp3) is 0.353. The molecule has 2 aromatic rings. The summed E-state index contributed by atoms with van der Waals surface area (Å²) in [6.45, 7) is 6.21. The van der Waals surface area contributed by atoms with Gasteiger partial charge in [-0.1, -0.05) is 12.1 Å². The van der Waals surface area contributed by atoms with Gasteiger partial charge in [0.1, 0.15) is 5.82 Å². The molecule has 3 rings (SSSR count). The number of halogens is 1. The second kappa shape index (κ2) is 5.82. The summed E-state index contributed by atoms with van der Waals surface area (Å²) in [6.07, 6.45) is 0. The lowest BCUT2D eigenvalue weighted by molar-refractivity contribution is -0.123. The number of thiophene rings is 1. The van der Waals surface area contributed by atoms with Crippen LogP contribution in [0.3, 0.4) is 0 Å². The van der Waals surface area contributed by atoms with E-state index in [4.69, 9.17) is 0 Å². The van der Waals surface area contributed by atoms with Crippen molar-refractivity contribution in [3.05, 3.63) is 47.1 Å². The maximum Gasteiger partial charge on any atom is 0.217 e. The number of benzene rings is 1. The molecule has 0 radical (unpaired) electrons. The first kappa shape index (κ1) is 15.2. The molecule has 22 heavy (non-hydrogen) atoms. The minimum atomic E-state index is -0.207. The summed E-state index contributed by atoms with van der Waals surface area (Å²) in [6, 6.07) is 10.8. The fourth-order valence-electron chi connectivity index (χ4n) is 3.04. The van der Waals surface area contributed by atoms with E-state index in [1.165, 1.54) is 10.9 Å². The molecule has 1 aromatic carbocycles. The number of hydrogen-bond acceptors (Lipinski definition) is 3. The standard InChI is InChI=1S/C17H19FN2OS/c1-12(21)19-17(2)10-20(11-17)9-15-6-7-16(22-15)13-4-3-5-14(18)8-13/h3-8H,9-11H2,1-2H3,(H,19,21). The summed E-state index contributed by atoms with van der Waals surface area (Å²) >= 11 is 1.69. The van der Waals surface area contributed by atoms with Gasteiger partial charge in [-0.3, -0.25) is 9.69 Å². The van der Waals surface area contributed by atoms with E-state index in [0.29, 0.717) is 0 Å². The van der Waals surface area contributed by atoms with Crippen LogP contribution in [0.5, 0.6) is 0 Å². The van der Waals surface area contributed by atoms with Gasteiger partial charge in [0, 0.05) is 36.3 Å². The summed E-state index contributed by atoms with van der Waals surface area (Å²) in [5.74, 6) is -0.187. The molecule has 0 saturated carbocycles. The Morgan fingerprint density at radius 3 is 2.82 bits per heavy atom. The van der Waals surface area contributed by atoms with Crippen LogP contribution in [0, 0.1) is 5.82 Å². The summed E-state index contributed by atoms with van der Waals surface area (Å²) in [7, 11) is 0. The van der Waals surface area contributed by atoms with E-state index in [1.807, 2.05) is 12.1 Å². The Morgan fingerprint density at radius 1 is 1.36 bits per heavy atom. The van der Waals surface area contributed by atoms with Crippen LogP contribution in [0.25, 0.3) is 10.4 Å². The van der Waals surface area contributed by atoms with Crippen LogP contribution < -0.4 is 5.32 Å². The van der Waals surface area contributed by atoms with Crippen LogP contribution in [0.4, 0.5) is 4.39 Å². The van der Waals surface area contributed by atoms with Crippen LogP contribution in [-0.4, -0.2) is 29.4 Å². The molecule has 3 nitrogen and oxygen atoms in total. The lowest BCUT2D eigenvalue weighted by atomic mass is 9.92. The second-order valence-electron chi connectivity index (χ2n) is 6.16. The predicted octanol–water partition coefficient (Wildman–Crippen LogP) is 3.26. The number of carbonyl (C=O) groups excluding carboxylic acids is 1. The van der Waals surface area contributed by atoms with E-state index in [0.717, 1.165) is 30.1 Å². The average molecular weight is 318 g/mol. The van der Waals surface area contributed by atoms with Gasteiger partial charge in [0.2, 0.25) is 5.91 Å². The van der Waals surface area contributed by atoms with Gasteiger partial charge >= 0.3 is 0 Å². The van der Waals surface area contributed by atoms with Crippen molar-refractivity contribution in [1.82, 2.24) is 10.2 Å². The third-order valence-electron chi connectivity index (χ3n) is 3.77. The Balaban J connectivity index is 1.61. The number of amides is 1. The van der Waals surface area contributed by atoms with E-state index in [-0.39, 0.29) is 17.3 Å². The smallest absolute Gasteiger partial charge is 0.217 e. The van der Waals surface area contributed by atoms with Gasteiger partial charge in [-0.2, -0.15) is 0 Å². The molecule has 5 heteroatoms. The Hall–Kier alpha value is -1.72. The molecule has 1 aromatic heterocycles. The number of nitrogens with one attached hydrogen (secondary N) is 1. The van der Waals surface area contributed by atoms with Crippen LogP contribution in [0.1, 0.15) is 18.7 Å². The minimum absolute atomic E-state index is 0.0201. The van der Waals surface area contributed by atoms with Gasteiger partial charge < -0.3 is 5.32 Å². The van der Waals surface area contributed by atoms with Crippen LogP contribution in [-0.2, 0) is 11.3 Å². The Labute approximate surface area is 133 Å². The molecule has 0 unspecified atom stereocenters. The molecule has 1 aliphatic rings. The number of hydrogen-bond donors (Lipinski definition) is 1. The number of rotatable bonds is 4. The Bertz CT molecular complexity index is 691. The molecule has 1 fully saturated rings. The average Bonchev–Trinajstić information content (AvgIpc) is 2.84. The summed E-state index contributed by atoms with van der Waals surface area (Å²) in [4.78, 5) is 15.8. The van der Waals surface area contributed by atoms with Crippen molar-refractivity contribution < 1.29 is 9.18 Å². The lowest BCUT2D eigenvalue weighted by Crippen LogP contribution is -2.67. The summed E-state index contributed by atoms with van der Waals surface area (Å²) < 4.78 is 13.3. The minimum Gasteiger partial charge on any atom is -0.349 e. The van der Waals surface area contributed by atoms with Crippen LogP contribution >= 0.6 is 11.3 Å². The van der Waals surface area contributed by atoms with Crippen LogP contribution in [0.2, 0.25) is 0 Å². The molecular weight excluding hydrogens is 299 g/mol. The second-order valence-corrected chi connectivity index (χ2v) is 7.33. The number of likely N-dealkylation sites (tertiary alicyclic amines) is 1. The van der Waals surface area contributed by atoms with Crippen molar-refractivity contribution in [3.63, 3.8) is 0 Å². The first-order chi connectivity index (χ1) is 10.4. The topological polar surface area (TPSA) is 32.3 Å². The third kappa shape index (κ3) is 3.36. The molecule has 0 atom stereocenters. The normalized spacial score (nSPS) is 17.0. The monoisotopic (exact) mass is 318 g/mol. The predicted molar refractivity (Wildman–Crippen MR) is 87.2 cm³/mol. The SMILES string of the molecule is CC(=O)NC1(C)CN(Cc2ccc(-c3cccc(F)c3)s2)C1. The zero-order valence-corrected chi connectivity index (χ0v) is 13.5. The zero-order chi connectivity index (χ0) is 15.7. The molecule has 1 aliphatic heterocycles. The molecule has 2 heterocycles. The molecule has 1 N–H and O–H groups in total. The fourth-order valence-corrected chi connectivity index (χ4v) is 4.08. The van der Waals surface area contributed by atoms with Gasteiger partial charge in [0.25, 0.3) is 0 Å². The van der Waals surface area contributed by atoms with Crippen molar-refractivity contribution in [3.8, 4) is 10.4 Å². The van der Waals surface area contributed by atoms with E-state index in [1.54, 1.807) is 30.4 Å². The van der Waals surface area contributed by atoms with E-state index in [2.05, 4.69) is 23.2 Å². The van der Waals surface area contributed by atoms with Gasteiger partial charge in [-0.05, 0) is 36.8 Å². The van der Waals surface area contributed by atoms with E-state index in [9.17, 15) is 9.18 Å². The highest BCUT2D eigenvalue weighted by Crippen LogP contribution is 2.31. The van der Waals surface area contributed by atoms with Crippen molar-refractivity contribution in [1.29, 1.82) is 0 Å². The van der Waals surface area contributed by atoms with Crippen LogP contribution in [0.15, 0.2) is 36.4 Å². The molecular formula is C17H19FN2OS. The van der Waals surface area contributed by atoms with Crippen molar-refractivity contribution in [2.75, 3.05) is 13.1 Å². The quantitative estimate of drug-likeness (QED) is 0.938. The van der Waals surface area contributed by atoms with Gasteiger partial charge in [-0.15, -0.1) is 11.3 Å². The molecule has 0 bridgehead atoms. The summed E-state index contributed by atoms with van der Waals surface area (Å²) in [5.41, 5.74) is 0.817. The highest BCUT2D eigenvalue weighted by atomic mass is 32.1. The first-order valence-electron chi connectivity index (χ1n) is 7.29. The molecule has 1 amide bonds. The molecule has 116 valence electrons. The Morgan fingerprint density at radius 2 is 2.14 bits per heavy atom. The number of carbonyl (C=O) groups is 1. The molecule has 1 saturated heterocycles. The van der Waals surface area contributed by atoms with Gasteiger partial charge in [0.05, 0.1) is 5.54 Å². The van der Waals surface area contributed by atoms with Crippen molar-refractivity contribution in [2.45, 2.75) is 25.9 Å². The van der Waals surface area contributed by atoms with Gasteiger partial charge in [0.15, 0.2) is 0 Å². The maximum atomic E-state index is 13.3. The molecule has 0 aliphatic carbocycles. The maximum absolute atomic E-state index is 13.3. The van der Waals surface area contributed by atoms with E-state index < -0.39 is 0 Å². The lowest BCUT2D eigenvalue weighted by Gasteiger charge is -2.48. The largest absolute Gasteiger partial charge is 0.349 e. The van der Waals surface area contributed by atoms with Crippen molar-refractivity contribution in [2.24, 2.45) is 0 Å². The first-order valence-corrected chi connectivity index (χ1v) is 8.11. The highest BCUT2D eigenvalue weighted by molar-refractivity contribution is 7.15. The molecule has 0 spiro atoms. The summed E-state index contributed by atoms with van der Waals surface area (Å²) in [5, 5.41) is 2.99. The van der Waals surface area contributed by atoms with Crippen molar-refractivity contribution >= 4 is 17.2 Å². The third-order valence-corrected chi connectivity index (χ3v) is 4.89.